The van der Waals surface area contributed by atoms with E-state index in [9.17, 15) is 14.4 Å². The average molecular weight is 916 g/mol. The third kappa shape index (κ3) is 52.7. The van der Waals surface area contributed by atoms with E-state index >= 15 is 0 Å². The maximum atomic E-state index is 12.8. The minimum atomic E-state index is -0.767. The summed E-state index contributed by atoms with van der Waals surface area (Å²) in [5.74, 6) is -0.850. The molecule has 0 aromatic rings. The first-order valence-electron chi connectivity index (χ1n) is 28.8. The van der Waals surface area contributed by atoms with Crippen molar-refractivity contribution < 1.29 is 28.6 Å². The van der Waals surface area contributed by atoms with Crippen LogP contribution < -0.4 is 0 Å². The fourth-order valence-corrected chi connectivity index (χ4v) is 8.59. The average Bonchev–Trinajstić information content (AvgIpc) is 3.30. The Hall–Kier alpha value is -2.11. The standard InChI is InChI=1S/C59H110O6/c1-4-7-10-13-16-19-22-25-27-29-30-31-33-34-37-40-43-46-49-52-58(61)64-55-56(54-63-57(60)51-48-45-42-39-36-24-21-18-15-12-9-6-3)65-59(62)53-50-47-44-41-38-35-32-28-26-23-20-17-14-11-8-5-2/h16,19,25,27,56H,4-15,17-18,20-24,26,28-55H2,1-3H3/b19-16-,27-25-. The molecule has 0 N–H and O–H groups in total. The summed E-state index contributed by atoms with van der Waals surface area (Å²) in [4.78, 5) is 38.1. The normalized spacial score (nSPS) is 12.1. The van der Waals surface area contributed by atoms with Gasteiger partial charge in [0.15, 0.2) is 6.10 Å². The second kappa shape index (κ2) is 54.5. The van der Waals surface area contributed by atoms with Crippen molar-refractivity contribution >= 4 is 17.9 Å². The third-order valence-corrected chi connectivity index (χ3v) is 13.0. The molecule has 0 heterocycles. The number of hydrogen-bond acceptors (Lipinski definition) is 6. The molecule has 0 radical (unpaired) electrons. The third-order valence-electron chi connectivity index (χ3n) is 13.0. The first-order valence-corrected chi connectivity index (χ1v) is 28.8. The fourth-order valence-electron chi connectivity index (χ4n) is 8.59. The second-order valence-electron chi connectivity index (χ2n) is 19.6. The maximum Gasteiger partial charge on any atom is 0.306 e. The Morgan fingerprint density at radius 2 is 0.554 bits per heavy atom. The van der Waals surface area contributed by atoms with Gasteiger partial charge in [-0.05, 0) is 51.4 Å². The lowest BCUT2D eigenvalue weighted by Crippen LogP contribution is -2.30. The molecule has 6 nitrogen and oxygen atoms in total. The predicted molar refractivity (Wildman–Crippen MR) is 279 cm³/mol. The number of allylic oxidation sites excluding steroid dienone is 4. The Bertz CT molecular complexity index is 1050. The summed E-state index contributed by atoms with van der Waals surface area (Å²) in [6.45, 7) is 6.66. The first kappa shape index (κ1) is 62.9. The highest BCUT2D eigenvalue weighted by Crippen LogP contribution is 2.17. The smallest absolute Gasteiger partial charge is 0.306 e. The molecule has 0 aromatic heterocycles. The molecular formula is C59H110O6. The van der Waals surface area contributed by atoms with Crippen LogP contribution in [0.1, 0.15) is 316 Å². The van der Waals surface area contributed by atoms with E-state index in [0.717, 1.165) is 64.2 Å². The number of carbonyl (C=O) groups is 3. The summed E-state index contributed by atoms with van der Waals surface area (Å²) >= 11 is 0. The Labute approximate surface area is 404 Å². The zero-order valence-corrected chi connectivity index (χ0v) is 43.8. The van der Waals surface area contributed by atoms with Crippen LogP contribution in [-0.4, -0.2) is 37.2 Å². The summed E-state index contributed by atoms with van der Waals surface area (Å²) in [5, 5.41) is 0. The highest BCUT2D eigenvalue weighted by molar-refractivity contribution is 5.71. The van der Waals surface area contributed by atoms with E-state index in [1.165, 1.54) is 212 Å². The van der Waals surface area contributed by atoms with Crippen LogP contribution in [-0.2, 0) is 28.6 Å². The van der Waals surface area contributed by atoms with Crippen molar-refractivity contribution in [1.29, 1.82) is 0 Å². The second-order valence-corrected chi connectivity index (χ2v) is 19.6. The molecule has 1 atom stereocenters. The van der Waals surface area contributed by atoms with Crippen LogP contribution in [0.25, 0.3) is 0 Å². The highest BCUT2D eigenvalue weighted by atomic mass is 16.6. The van der Waals surface area contributed by atoms with Crippen molar-refractivity contribution in [2.75, 3.05) is 13.2 Å². The monoisotopic (exact) mass is 915 g/mol. The van der Waals surface area contributed by atoms with Crippen LogP contribution in [0.2, 0.25) is 0 Å². The van der Waals surface area contributed by atoms with Crippen LogP contribution in [0.3, 0.4) is 0 Å². The largest absolute Gasteiger partial charge is 0.462 e. The van der Waals surface area contributed by atoms with Gasteiger partial charge < -0.3 is 14.2 Å². The van der Waals surface area contributed by atoms with Crippen molar-refractivity contribution in [2.45, 2.75) is 322 Å². The lowest BCUT2D eigenvalue weighted by molar-refractivity contribution is -0.167. The van der Waals surface area contributed by atoms with Crippen LogP contribution in [0.15, 0.2) is 24.3 Å². The molecule has 0 bridgehead atoms. The van der Waals surface area contributed by atoms with Crippen molar-refractivity contribution in [3.8, 4) is 0 Å². The first-order chi connectivity index (χ1) is 32.0. The Balaban J connectivity index is 4.30. The van der Waals surface area contributed by atoms with Crippen molar-refractivity contribution in [3.05, 3.63) is 24.3 Å². The van der Waals surface area contributed by atoms with E-state index in [2.05, 4.69) is 45.1 Å². The summed E-state index contributed by atoms with van der Waals surface area (Å²) in [7, 11) is 0. The lowest BCUT2D eigenvalue weighted by Gasteiger charge is -2.18. The number of unbranched alkanes of at least 4 members (excludes halogenated alkanes) is 38. The Kier molecular flexibility index (Phi) is 52.7. The van der Waals surface area contributed by atoms with Crippen molar-refractivity contribution in [1.82, 2.24) is 0 Å². The zero-order valence-electron chi connectivity index (χ0n) is 43.8. The van der Waals surface area contributed by atoms with Crippen molar-refractivity contribution in [2.24, 2.45) is 0 Å². The van der Waals surface area contributed by atoms with E-state index in [4.69, 9.17) is 14.2 Å². The van der Waals surface area contributed by atoms with Crippen LogP contribution >= 0.6 is 0 Å². The molecule has 1 unspecified atom stereocenters. The van der Waals surface area contributed by atoms with Crippen LogP contribution in [0, 0.1) is 0 Å². The maximum absolute atomic E-state index is 12.8. The molecule has 0 saturated heterocycles. The fraction of sp³-hybridized carbons (Fsp3) is 0.881. The minimum absolute atomic E-state index is 0.0668. The molecule has 6 heteroatoms. The molecule has 65 heavy (non-hydrogen) atoms. The summed E-state index contributed by atoms with van der Waals surface area (Å²) in [5.41, 5.74) is 0. The van der Waals surface area contributed by atoms with Gasteiger partial charge in [-0.25, -0.2) is 0 Å². The molecular weight excluding hydrogens is 805 g/mol. The number of esters is 3. The highest BCUT2D eigenvalue weighted by Gasteiger charge is 2.19. The summed E-state index contributed by atoms with van der Waals surface area (Å²) < 4.78 is 16.9. The van der Waals surface area contributed by atoms with Gasteiger partial charge in [-0.1, -0.05) is 270 Å². The topological polar surface area (TPSA) is 78.9 Å². The molecule has 0 saturated carbocycles. The van der Waals surface area contributed by atoms with E-state index in [-0.39, 0.29) is 31.1 Å². The van der Waals surface area contributed by atoms with E-state index < -0.39 is 6.10 Å². The zero-order chi connectivity index (χ0) is 47.2. The van der Waals surface area contributed by atoms with Gasteiger partial charge in [0.05, 0.1) is 0 Å². The molecule has 0 aliphatic heterocycles. The quantitative estimate of drug-likeness (QED) is 0.0262. The molecule has 0 aliphatic carbocycles. The van der Waals surface area contributed by atoms with Crippen molar-refractivity contribution in [3.63, 3.8) is 0 Å². The van der Waals surface area contributed by atoms with Gasteiger partial charge in [0.2, 0.25) is 0 Å². The van der Waals surface area contributed by atoms with E-state index in [1.54, 1.807) is 0 Å². The SMILES string of the molecule is CCCCC/C=C\C/C=C\CCCCCCCCCCCC(=O)OCC(COC(=O)CCCCCCCCCCCCCC)OC(=O)CCCCCCCCCCCCCCCCCC. The van der Waals surface area contributed by atoms with Crippen LogP contribution in [0.5, 0.6) is 0 Å². The Morgan fingerprint density at radius 1 is 0.308 bits per heavy atom. The molecule has 0 spiro atoms. The number of carbonyl (C=O) groups excluding carboxylic acids is 3. The number of ether oxygens (including phenoxy) is 3. The number of hydrogen-bond donors (Lipinski definition) is 0. The molecule has 0 fully saturated rings. The van der Waals surface area contributed by atoms with E-state index in [0.29, 0.717) is 19.3 Å². The van der Waals surface area contributed by atoms with Gasteiger partial charge >= 0.3 is 17.9 Å². The predicted octanol–water partition coefficient (Wildman–Crippen LogP) is 19.1. The van der Waals surface area contributed by atoms with Gasteiger partial charge in [0, 0.05) is 19.3 Å². The van der Waals surface area contributed by atoms with Gasteiger partial charge in [-0.15, -0.1) is 0 Å². The molecule has 382 valence electrons. The molecule has 0 aliphatic rings. The Morgan fingerprint density at radius 3 is 0.877 bits per heavy atom. The van der Waals surface area contributed by atoms with Crippen LogP contribution in [0.4, 0.5) is 0 Å². The summed E-state index contributed by atoms with van der Waals surface area (Å²) in [6, 6.07) is 0. The molecule has 0 rings (SSSR count). The minimum Gasteiger partial charge on any atom is -0.462 e. The van der Waals surface area contributed by atoms with Gasteiger partial charge in [-0.3, -0.25) is 14.4 Å². The number of rotatable bonds is 53. The molecule has 0 aromatic carbocycles. The van der Waals surface area contributed by atoms with Gasteiger partial charge in [-0.2, -0.15) is 0 Å². The lowest BCUT2D eigenvalue weighted by atomic mass is 10.0. The van der Waals surface area contributed by atoms with Gasteiger partial charge in [0.1, 0.15) is 13.2 Å². The molecule has 0 amide bonds. The van der Waals surface area contributed by atoms with Gasteiger partial charge in [0.25, 0.3) is 0 Å². The van der Waals surface area contributed by atoms with E-state index in [1.807, 2.05) is 0 Å². The summed E-state index contributed by atoms with van der Waals surface area (Å²) in [6.07, 6.45) is 63.0.